The Hall–Kier alpha value is -4.80. The third kappa shape index (κ3) is 6.20. The fraction of sp³-hybridized carbons (Fsp3) is 0.212. The van der Waals surface area contributed by atoms with E-state index in [1.165, 1.54) is 11.3 Å². The topological polar surface area (TPSA) is 102 Å². The fourth-order valence-electron chi connectivity index (χ4n) is 5.14. The first kappa shape index (κ1) is 28.3. The SMILES string of the molecule is CC1=C(C(=O)Nc2ccccc2)[C@H](c2ccccc2)n2c(s/c(=C/c3ccc(OCC(=O)N4CCOCC4)cc3)c2=O)=N1. The smallest absolute Gasteiger partial charge is 0.271 e. The van der Waals surface area contributed by atoms with Crippen molar-refractivity contribution in [1.29, 1.82) is 0 Å². The highest BCUT2D eigenvalue weighted by Crippen LogP contribution is 2.30. The molecule has 2 aliphatic heterocycles. The Morgan fingerprint density at radius 2 is 1.67 bits per heavy atom. The number of hydrogen-bond donors (Lipinski definition) is 1. The number of morpholine rings is 1. The van der Waals surface area contributed by atoms with Crippen LogP contribution in [-0.2, 0) is 14.3 Å². The summed E-state index contributed by atoms with van der Waals surface area (Å²) in [6, 6.07) is 25.3. The van der Waals surface area contributed by atoms with Crippen LogP contribution in [0.4, 0.5) is 5.69 Å². The maximum atomic E-state index is 13.9. The maximum absolute atomic E-state index is 13.9. The lowest BCUT2D eigenvalue weighted by molar-refractivity contribution is -0.137. The number of hydrogen-bond acceptors (Lipinski definition) is 7. The monoisotopic (exact) mass is 594 g/mol. The molecule has 1 N–H and O–H groups in total. The van der Waals surface area contributed by atoms with E-state index in [2.05, 4.69) is 5.32 Å². The van der Waals surface area contributed by atoms with Gasteiger partial charge in [0.1, 0.15) is 5.75 Å². The summed E-state index contributed by atoms with van der Waals surface area (Å²) in [6.07, 6.45) is 1.80. The number of ether oxygens (including phenoxy) is 2. The van der Waals surface area contributed by atoms with Gasteiger partial charge < -0.3 is 19.7 Å². The lowest BCUT2D eigenvalue weighted by Gasteiger charge is -2.26. The van der Waals surface area contributed by atoms with Crippen LogP contribution in [0.25, 0.3) is 6.08 Å². The molecule has 1 aromatic heterocycles. The summed E-state index contributed by atoms with van der Waals surface area (Å²) in [4.78, 5) is 46.8. The van der Waals surface area contributed by atoms with Crippen molar-refractivity contribution in [1.82, 2.24) is 9.47 Å². The van der Waals surface area contributed by atoms with Crippen molar-refractivity contribution >= 4 is 34.9 Å². The number of aromatic nitrogens is 1. The van der Waals surface area contributed by atoms with Gasteiger partial charge in [-0.05, 0) is 48.4 Å². The lowest BCUT2D eigenvalue weighted by atomic mass is 9.95. The summed E-state index contributed by atoms with van der Waals surface area (Å²) in [5.74, 6) is 0.181. The van der Waals surface area contributed by atoms with Crippen LogP contribution in [0.2, 0.25) is 0 Å². The molecular weight excluding hydrogens is 564 g/mol. The van der Waals surface area contributed by atoms with Gasteiger partial charge in [-0.2, -0.15) is 0 Å². The van der Waals surface area contributed by atoms with E-state index in [9.17, 15) is 14.4 Å². The zero-order chi connectivity index (χ0) is 29.8. The second kappa shape index (κ2) is 12.6. The normalized spacial score (nSPS) is 16.8. The number of nitrogens with zero attached hydrogens (tertiary/aromatic N) is 3. The molecule has 218 valence electrons. The van der Waals surface area contributed by atoms with Crippen molar-refractivity contribution in [2.75, 3.05) is 38.2 Å². The Morgan fingerprint density at radius 3 is 2.37 bits per heavy atom. The first-order valence-corrected chi connectivity index (χ1v) is 14.8. The summed E-state index contributed by atoms with van der Waals surface area (Å²) in [5, 5.41) is 2.96. The van der Waals surface area contributed by atoms with Gasteiger partial charge in [0.15, 0.2) is 11.4 Å². The number of para-hydroxylation sites is 1. The molecule has 9 nitrogen and oxygen atoms in total. The molecule has 1 saturated heterocycles. The summed E-state index contributed by atoms with van der Waals surface area (Å²) < 4.78 is 13.1. The first-order chi connectivity index (χ1) is 21.0. The van der Waals surface area contributed by atoms with Crippen LogP contribution in [0.5, 0.6) is 5.75 Å². The molecule has 0 saturated carbocycles. The van der Waals surface area contributed by atoms with E-state index in [1.54, 1.807) is 34.6 Å². The van der Waals surface area contributed by atoms with Gasteiger partial charge in [0.05, 0.1) is 35.1 Å². The van der Waals surface area contributed by atoms with Gasteiger partial charge in [-0.3, -0.25) is 19.0 Å². The van der Waals surface area contributed by atoms with Crippen LogP contribution in [-0.4, -0.2) is 54.2 Å². The zero-order valence-electron chi connectivity index (χ0n) is 23.6. The molecule has 0 aliphatic carbocycles. The molecule has 3 heterocycles. The number of rotatable bonds is 7. The van der Waals surface area contributed by atoms with Crippen LogP contribution < -0.4 is 24.9 Å². The maximum Gasteiger partial charge on any atom is 0.271 e. The van der Waals surface area contributed by atoms with Gasteiger partial charge in [0.25, 0.3) is 17.4 Å². The average Bonchev–Trinajstić information content (AvgIpc) is 3.34. The number of nitrogens with one attached hydrogen (secondary N) is 1. The lowest BCUT2D eigenvalue weighted by Crippen LogP contribution is -2.42. The molecular formula is C33H30N4O5S. The van der Waals surface area contributed by atoms with Crippen LogP contribution in [0.3, 0.4) is 0 Å². The Kier molecular flexibility index (Phi) is 8.30. The number of anilines is 1. The highest BCUT2D eigenvalue weighted by atomic mass is 32.1. The Balaban J connectivity index is 1.28. The van der Waals surface area contributed by atoms with Gasteiger partial charge in [-0.1, -0.05) is 72.0 Å². The average molecular weight is 595 g/mol. The molecule has 3 aromatic carbocycles. The molecule has 6 rings (SSSR count). The highest BCUT2D eigenvalue weighted by Gasteiger charge is 2.32. The van der Waals surface area contributed by atoms with Crippen molar-refractivity contribution in [3.05, 3.63) is 127 Å². The molecule has 0 unspecified atom stereocenters. The van der Waals surface area contributed by atoms with E-state index in [0.717, 1.165) is 11.1 Å². The number of thiazole rings is 1. The van der Waals surface area contributed by atoms with E-state index >= 15 is 0 Å². The van der Waals surface area contributed by atoms with E-state index < -0.39 is 6.04 Å². The van der Waals surface area contributed by atoms with E-state index in [4.69, 9.17) is 14.5 Å². The molecule has 10 heteroatoms. The third-order valence-electron chi connectivity index (χ3n) is 7.32. The zero-order valence-corrected chi connectivity index (χ0v) is 24.4. The molecule has 1 atom stereocenters. The number of carbonyl (C=O) groups is 2. The molecule has 0 radical (unpaired) electrons. The van der Waals surface area contributed by atoms with Crippen LogP contribution in [0.15, 0.2) is 106 Å². The van der Waals surface area contributed by atoms with Crippen LogP contribution >= 0.6 is 11.3 Å². The summed E-state index contributed by atoms with van der Waals surface area (Å²) in [7, 11) is 0. The minimum Gasteiger partial charge on any atom is -0.484 e. The minimum absolute atomic E-state index is 0.0447. The fourth-order valence-corrected chi connectivity index (χ4v) is 6.19. The van der Waals surface area contributed by atoms with Crippen molar-refractivity contribution in [2.24, 2.45) is 4.99 Å². The van der Waals surface area contributed by atoms with Gasteiger partial charge in [0.2, 0.25) is 0 Å². The minimum atomic E-state index is -0.636. The van der Waals surface area contributed by atoms with Crippen molar-refractivity contribution < 1.29 is 19.1 Å². The molecule has 4 aromatic rings. The first-order valence-electron chi connectivity index (χ1n) is 14.0. The highest BCUT2D eigenvalue weighted by molar-refractivity contribution is 7.07. The van der Waals surface area contributed by atoms with E-state index in [1.807, 2.05) is 72.8 Å². The molecule has 2 aliphatic rings. The van der Waals surface area contributed by atoms with Gasteiger partial charge in [0, 0.05) is 18.8 Å². The van der Waals surface area contributed by atoms with Gasteiger partial charge >= 0.3 is 0 Å². The quantitative estimate of drug-likeness (QED) is 0.354. The van der Waals surface area contributed by atoms with E-state index in [0.29, 0.717) is 58.3 Å². The summed E-state index contributed by atoms with van der Waals surface area (Å²) >= 11 is 1.28. The summed E-state index contributed by atoms with van der Waals surface area (Å²) in [5.41, 5.74) is 3.02. The largest absolute Gasteiger partial charge is 0.484 e. The second-order valence-corrected chi connectivity index (χ2v) is 11.2. The van der Waals surface area contributed by atoms with Crippen LogP contribution in [0.1, 0.15) is 24.1 Å². The number of amides is 2. The number of fused-ring (bicyclic) bond motifs is 1. The third-order valence-corrected chi connectivity index (χ3v) is 8.30. The number of allylic oxidation sites excluding steroid dienone is 1. The van der Waals surface area contributed by atoms with Gasteiger partial charge in [-0.15, -0.1) is 0 Å². The summed E-state index contributed by atoms with van der Waals surface area (Å²) in [6.45, 7) is 3.98. The number of benzene rings is 3. The van der Waals surface area contributed by atoms with E-state index in [-0.39, 0.29) is 24.0 Å². The van der Waals surface area contributed by atoms with Crippen molar-refractivity contribution in [2.45, 2.75) is 13.0 Å². The predicted molar refractivity (Wildman–Crippen MR) is 165 cm³/mol. The molecule has 2 amide bonds. The van der Waals surface area contributed by atoms with Crippen molar-refractivity contribution in [3.8, 4) is 5.75 Å². The van der Waals surface area contributed by atoms with Crippen molar-refractivity contribution in [3.63, 3.8) is 0 Å². The molecule has 0 bridgehead atoms. The molecule has 0 spiro atoms. The van der Waals surface area contributed by atoms with Crippen LogP contribution in [0, 0.1) is 0 Å². The number of carbonyl (C=O) groups excluding carboxylic acids is 2. The molecule has 43 heavy (non-hydrogen) atoms. The Labute approximate surface area is 252 Å². The molecule has 1 fully saturated rings. The predicted octanol–water partition coefficient (Wildman–Crippen LogP) is 3.11. The Morgan fingerprint density at radius 1 is 1.00 bits per heavy atom. The van der Waals surface area contributed by atoms with Gasteiger partial charge in [-0.25, -0.2) is 4.99 Å². The standard InChI is InChI=1S/C33H30N4O5S/c1-22-29(31(39)35-25-10-6-3-7-11-25)30(24-8-4-2-5-9-24)37-32(40)27(43-33(37)34-22)20-23-12-14-26(15-13-23)42-21-28(38)36-16-18-41-19-17-36/h2-15,20,30H,16-19,21H2,1H3,(H,35,39)/b27-20+/t30-/m0/s1. The second-order valence-electron chi connectivity index (χ2n) is 10.2. The Bertz CT molecular complexity index is 1840.